The summed E-state index contributed by atoms with van der Waals surface area (Å²) in [5.41, 5.74) is 0.752. The van der Waals surface area contributed by atoms with Gasteiger partial charge in [0.2, 0.25) is 0 Å². The van der Waals surface area contributed by atoms with Gasteiger partial charge in [-0.25, -0.2) is 0 Å². The highest BCUT2D eigenvalue weighted by molar-refractivity contribution is 14.1. The second-order valence-electron chi connectivity index (χ2n) is 5.35. The first-order chi connectivity index (χ1) is 12.3. The zero-order valence-corrected chi connectivity index (χ0v) is 17.6. The van der Waals surface area contributed by atoms with Crippen molar-refractivity contribution in [3.8, 4) is 17.2 Å². The molecular weight excluding hydrogens is 568 g/mol. The van der Waals surface area contributed by atoms with E-state index >= 15 is 0 Å². The predicted octanol–water partition coefficient (Wildman–Crippen LogP) is 3.06. The van der Waals surface area contributed by atoms with Crippen molar-refractivity contribution >= 4 is 57.1 Å². The number of hydrogen-bond donors (Lipinski definition) is 4. The molecule has 0 amide bonds. The number of phenols is 1. The lowest BCUT2D eigenvalue weighted by atomic mass is 10.1. The Morgan fingerprint density at radius 2 is 1.65 bits per heavy atom. The van der Waals surface area contributed by atoms with Crippen molar-refractivity contribution in [3.05, 3.63) is 49.1 Å². The average Bonchev–Trinajstić information content (AvgIpc) is 2.56. The summed E-state index contributed by atoms with van der Waals surface area (Å²) in [5.74, 6) is -0.881. The molecular formula is C17H15I2NO6. The number of phenolic OH excluding ortho intramolecular Hbond substituents is 1. The van der Waals surface area contributed by atoms with Crippen LogP contribution in [0.4, 0.5) is 0 Å². The van der Waals surface area contributed by atoms with Gasteiger partial charge in [-0.2, -0.15) is 0 Å². The number of aromatic hydroxyl groups is 1. The van der Waals surface area contributed by atoms with Crippen molar-refractivity contribution < 1.29 is 29.6 Å². The highest BCUT2D eigenvalue weighted by atomic mass is 127. The van der Waals surface area contributed by atoms with E-state index in [1.54, 1.807) is 24.3 Å². The topological polar surface area (TPSA) is 116 Å². The maximum Gasteiger partial charge on any atom is 0.321 e. The van der Waals surface area contributed by atoms with Gasteiger partial charge in [0.1, 0.15) is 17.5 Å². The molecule has 1 atom stereocenters. The van der Waals surface area contributed by atoms with Crippen LogP contribution in [-0.2, 0) is 16.0 Å². The molecule has 9 heteroatoms. The summed E-state index contributed by atoms with van der Waals surface area (Å²) in [6.45, 7) is -0.423. The predicted molar refractivity (Wildman–Crippen MR) is 111 cm³/mol. The Hall–Kier alpha value is -1.60. The van der Waals surface area contributed by atoms with Crippen LogP contribution in [0.1, 0.15) is 5.56 Å². The molecule has 0 fully saturated rings. The summed E-state index contributed by atoms with van der Waals surface area (Å²) in [4.78, 5) is 22.0. The number of carbonyl (C=O) groups is 2. The molecule has 0 radical (unpaired) electrons. The fraction of sp³-hybridized carbons (Fsp3) is 0.176. The van der Waals surface area contributed by atoms with Gasteiger partial charge in [-0.05, 0) is 93.6 Å². The van der Waals surface area contributed by atoms with Crippen LogP contribution in [0.2, 0.25) is 0 Å². The van der Waals surface area contributed by atoms with Crippen molar-refractivity contribution in [2.75, 3.05) is 6.54 Å². The molecule has 0 bridgehead atoms. The van der Waals surface area contributed by atoms with E-state index in [-0.39, 0.29) is 12.2 Å². The molecule has 0 unspecified atom stereocenters. The Labute approximate surface area is 176 Å². The second kappa shape index (κ2) is 9.37. The first-order valence-corrected chi connectivity index (χ1v) is 9.55. The van der Waals surface area contributed by atoms with Crippen LogP contribution in [0.3, 0.4) is 0 Å². The van der Waals surface area contributed by atoms with Crippen molar-refractivity contribution in [3.63, 3.8) is 0 Å². The minimum absolute atomic E-state index is 0.144. The molecule has 0 heterocycles. The van der Waals surface area contributed by atoms with Gasteiger partial charge in [0, 0.05) is 0 Å². The number of carboxylic acids is 2. The molecule has 2 aromatic rings. The summed E-state index contributed by atoms with van der Waals surface area (Å²) in [6, 6.07) is 8.94. The maximum absolute atomic E-state index is 11.3. The Bertz CT molecular complexity index is 786. The molecule has 0 aromatic heterocycles. The Balaban J connectivity index is 2.17. The average molecular weight is 583 g/mol. The number of carboxylic acid groups (broad SMARTS) is 2. The van der Waals surface area contributed by atoms with E-state index in [4.69, 9.17) is 9.84 Å². The fourth-order valence-electron chi connectivity index (χ4n) is 2.15. The lowest BCUT2D eigenvalue weighted by molar-refractivity contribution is -0.140. The molecule has 4 N–H and O–H groups in total. The molecule has 0 saturated carbocycles. The van der Waals surface area contributed by atoms with Gasteiger partial charge in [-0.15, -0.1) is 0 Å². The van der Waals surface area contributed by atoms with Crippen LogP contribution in [-0.4, -0.2) is 39.8 Å². The smallest absolute Gasteiger partial charge is 0.321 e. The standard InChI is InChI=1S/C17H15I2NO6/c18-12-5-9(7-14(17(24)25)20-8-15(22)23)6-13(19)16(12)26-11-3-1-10(21)2-4-11/h1-6,14,20-21H,7-8H2,(H,22,23)(H,24,25)/t14-/m0/s1. The Morgan fingerprint density at radius 1 is 1.08 bits per heavy atom. The molecule has 0 spiro atoms. The Morgan fingerprint density at radius 3 is 2.15 bits per heavy atom. The third-order valence-corrected chi connectivity index (χ3v) is 4.95. The third kappa shape index (κ3) is 5.99. The van der Waals surface area contributed by atoms with E-state index in [2.05, 4.69) is 50.5 Å². The van der Waals surface area contributed by atoms with Gasteiger partial charge in [0.25, 0.3) is 0 Å². The van der Waals surface area contributed by atoms with E-state index in [1.165, 1.54) is 12.1 Å². The van der Waals surface area contributed by atoms with E-state index in [1.807, 2.05) is 0 Å². The minimum atomic E-state index is -1.11. The lowest BCUT2D eigenvalue weighted by Crippen LogP contribution is -2.41. The highest BCUT2D eigenvalue weighted by Crippen LogP contribution is 2.33. The van der Waals surface area contributed by atoms with Gasteiger partial charge >= 0.3 is 11.9 Å². The van der Waals surface area contributed by atoms with Crippen molar-refractivity contribution in [2.45, 2.75) is 12.5 Å². The summed E-state index contributed by atoms with van der Waals surface area (Å²) in [7, 11) is 0. The van der Waals surface area contributed by atoms with Gasteiger partial charge in [0.05, 0.1) is 13.7 Å². The SMILES string of the molecule is O=C(O)CN[C@@H](Cc1cc(I)c(Oc2ccc(O)cc2)c(I)c1)C(=O)O. The second-order valence-corrected chi connectivity index (χ2v) is 7.68. The van der Waals surface area contributed by atoms with E-state index in [9.17, 15) is 19.8 Å². The molecule has 0 aliphatic rings. The van der Waals surface area contributed by atoms with Crippen LogP contribution in [0, 0.1) is 7.14 Å². The van der Waals surface area contributed by atoms with Gasteiger partial charge in [0.15, 0.2) is 5.75 Å². The molecule has 26 heavy (non-hydrogen) atoms. The normalized spacial score (nSPS) is 11.8. The van der Waals surface area contributed by atoms with Crippen molar-refractivity contribution in [1.29, 1.82) is 0 Å². The third-order valence-electron chi connectivity index (χ3n) is 3.35. The van der Waals surface area contributed by atoms with Crippen molar-refractivity contribution in [2.24, 2.45) is 0 Å². The molecule has 0 aliphatic carbocycles. The number of ether oxygens (including phenoxy) is 1. The van der Waals surface area contributed by atoms with Crippen LogP contribution < -0.4 is 10.1 Å². The first kappa shape index (κ1) is 20.7. The van der Waals surface area contributed by atoms with Crippen LogP contribution in [0.5, 0.6) is 17.2 Å². The van der Waals surface area contributed by atoms with Crippen LogP contribution in [0.25, 0.3) is 0 Å². The van der Waals surface area contributed by atoms with Gasteiger partial charge < -0.3 is 20.1 Å². The molecule has 138 valence electrons. The number of halogens is 2. The number of aliphatic carboxylic acids is 2. The molecule has 0 aliphatic heterocycles. The molecule has 2 aromatic carbocycles. The number of benzene rings is 2. The van der Waals surface area contributed by atoms with Crippen molar-refractivity contribution in [1.82, 2.24) is 5.32 Å². The molecule has 7 nitrogen and oxygen atoms in total. The monoisotopic (exact) mass is 583 g/mol. The lowest BCUT2D eigenvalue weighted by Gasteiger charge is -2.16. The summed E-state index contributed by atoms with van der Waals surface area (Å²) in [6.07, 6.45) is 0.147. The van der Waals surface area contributed by atoms with E-state index in [0.717, 1.165) is 12.7 Å². The minimum Gasteiger partial charge on any atom is -0.508 e. The van der Waals surface area contributed by atoms with Gasteiger partial charge in [-0.1, -0.05) is 0 Å². The summed E-state index contributed by atoms with van der Waals surface area (Å²) < 4.78 is 7.43. The van der Waals surface area contributed by atoms with E-state index < -0.39 is 24.5 Å². The Kier molecular flexibility index (Phi) is 7.46. The van der Waals surface area contributed by atoms with Crippen LogP contribution in [0.15, 0.2) is 36.4 Å². The molecule has 2 rings (SSSR count). The van der Waals surface area contributed by atoms with Gasteiger partial charge in [-0.3, -0.25) is 14.9 Å². The largest absolute Gasteiger partial charge is 0.508 e. The highest BCUT2D eigenvalue weighted by Gasteiger charge is 2.20. The fourth-order valence-corrected chi connectivity index (χ4v) is 4.27. The number of rotatable bonds is 8. The summed E-state index contributed by atoms with van der Waals surface area (Å²) >= 11 is 4.20. The summed E-state index contributed by atoms with van der Waals surface area (Å²) in [5, 5.41) is 29.8. The van der Waals surface area contributed by atoms with Crippen LogP contribution >= 0.6 is 45.2 Å². The zero-order chi connectivity index (χ0) is 19.3. The molecule has 0 saturated heterocycles. The maximum atomic E-state index is 11.3. The quantitative estimate of drug-likeness (QED) is 0.354. The zero-order valence-electron chi connectivity index (χ0n) is 13.3. The van der Waals surface area contributed by atoms with E-state index in [0.29, 0.717) is 11.5 Å². The first-order valence-electron chi connectivity index (χ1n) is 7.39. The number of hydrogen-bond acceptors (Lipinski definition) is 5. The number of nitrogens with one attached hydrogen (secondary N) is 1.